The van der Waals surface area contributed by atoms with E-state index in [1.807, 2.05) is 24.3 Å². The molecule has 24 heavy (non-hydrogen) atoms. The van der Waals surface area contributed by atoms with Crippen LogP contribution in [0.15, 0.2) is 52.1 Å². The topological polar surface area (TPSA) is 43.5 Å². The summed E-state index contributed by atoms with van der Waals surface area (Å²) < 4.78 is 3.79. The van der Waals surface area contributed by atoms with Gasteiger partial charge in [0.25, 0.3) is 5.56 Å². The molecule has 3 heterocycles. The van der Waals surface area contributed by atoms with E-state index < -0.39 is 0 Å². The lowest BCUT2D eigenvalue weighted by Gasteiger charge is -2.23. The van der Waals surface area contributed by atoms with Gasteiger partial charge in [-0.2, -0.15) is 0 Å². The van der Waals surface area contributed by atoms with Gasteiger partial charge in [0.1, 0.15) is 5.65 Å². The van der Waals surface area contributed by atoms with Crippen molar-refractivity contribution < 1.29 is 0 Å². The largest absolute Gasteiger partial charge is 0.326 e. The molecule has 118 valence electrons. The molecule has 0 aliphatic carbocycles. The minimum atomic E-state index is -0.0904. The molecule has 1 aliphatic heterocycles. The van der Waals surface area contributed by atoms with Crippen LogP contribution >= 0.6 is 11.6 Å². The van der Waals surface area contributed by atoms with Crippen LogP contribution in [0.25, 0.3) is 27.5 Å². The molecule has 2 aromatic heterocycles. The number of pyridine rings is 1. The Morgan fingerprint density at radius 1 is 0.958 bits per heavy atom. The second-order valence-electron chi connectivity index (χ2n) is 6.21. The Morgan fingerprint density at radius 2 is 1.79 bits per heavy atom. The number of fused-ring (bicyclic) bond motifs is 4. The first-order valence-corrected chi connectivity index (χ1v) is 8.33. The van der Waals surface area contributed by atoms with E-state index in [4.69, 9.17) is 11.6 Å². The SMILES string of the molecule is O=c1c2c3n(c4ccccc4c(=O)n3c3ccc(Cl)cc13)CCC2. The molecule has 4 nitrogen and oxygen atoms in total. The summed E-state index contributed by atoms with van der Waals surface area (Å²) >= 11 is 6.09. The predicted octanol–water partition coefficient (Wildman–Crippen LogP) is 3.37. The van der Waals surface area contributed by atoms with Crippen LogP contribution < -0.4 is 11.0 Å². The van der Waals surface area contributed by atoms with Crippen molar-refractivity contribution in [1.29, 1.82) is 0 Å². The molecule has 1 aliphatic rings. The van der Waals surface area contributed by atoms with Crippen LogP contribution in [0.5, 0.6) is 0 Å². The fraction of sp³-hybridized carbons (Fsp3) is 0.158. The summed E-state index contributed by atoms with van der Waals surface area (Å²) in [7, 11) is 0. The number of para-hydroxylation sites is 1. The van der Waals surface area contributed by atoms with E-state index in [1.165, 1.54) is 0 Å². The summed E-state index contributed by atoms with van der Waals surface area (Å²) in [5, 5.41) is 1.68. The van der Waals surface area contributed by atoms with Crippen molar-refractivity contribution in [3.63, 3.8) is 0 Å². The van der Waals surface area contributed by atoms with Gasteiger partial charge in [-0.1, -0.05) is 23.7 Å². The molecule has 0 bridgehead atoms. The van der Waals surface area contributed by atoms with E-state index >= 15 is 0 Å². The first-order valence-electron chi connectivity index (χ1n) is 7.95. The highest BCUT2D eigenvalue weighted by Gasteiger charge is 2.22. The van der Waals surface area contributed by atoms with Crippen molar-refractivity contribution in [3.05, 3.63) is 73.6 Å². The lowest BCUT2D eigenvalue weighted by molar-refractivity contribution is 0.630. The zero-order chi connectivity index (χ0) is 16.4. The third-order valence-electron chi connectivity index (χ3n) is 4.89. The van der Waals surface area contributed by atoms with Gasteiger partial charge < -0.3 is 4.57 Å². The molecule has 2 aromatic carbocycles. The molecular weight excluding hydrogens is 324 g/mol. The Bertz CT molecular complexity index is 1280. The molecule has 0 unspecified atom stereocenters. The Kier molecular flexibility index (Phi) is 2.71. The van der Waals surface area contributed by atoms with Crippen LogP contribution in [-0.4, -0.2) is 8.97 Å². The number of rotatable bonds is 0. The van der Waals surface area contributed by atoms with Crippen molar-refractivity contribution in [2.75, 3.05) is 0 Å². The molecule has 0 spiro atoms. The van der Waals surface area contributed by atoms with Crippen LogP contribution in [0.1, 0.15) is 12.0 Å². The summed E-state index contributed by atoms with van der Waals surface area (Å²) in [4.78, 5) is 26.1. The number of aromatic nitrogens is 2. The number of nitrogens with zero attached hydrogens (tertiary/aromatic N) is 2. The quantitative estimate of drug-likeness (QED) is 0.365. The molecule has 0 radical (unpaired) electrons. The minimum Gasteiger partial charge on any atom is -0.326 e. The Labute approximate surface area is 141 Å². The van der Waals surface area contributed by atoms with E-state index in [2.05, 4.69) is 4.57 Å². The van der Waals surface area contributed by atoms with E-state index in [1.54, 1.807) is 22.6 Å². The third kappa shape index (κ3) is 1.64. The molecule has 0 amide bonds. The maximum Gasteiger partial charge on any atom is 0.266 e. The van der Waals surface area contributed by atoms with E-state index in [-0.39, 0.29) is 11.0 Å². The van der Waals surface area contributed by atoms with E-state index in [0.717, 1.165) is 24.1 Å². The van der Waals surface area contributed by atoms with Gasteiger partial charge in [-0.25, -0.2) is 0 Å². The first kappa shape index (κ1) is 13.8. The van der Waals surface area contributed by atoms with Crippen LogP contribution in [0.4, 0.5) is 0 Å². The lowest BCUT2D eigenvalue weighted by Crippen LogP contribution is -2.29. The van der Waals surface area contributed by atoms with Crippen LogP contribution in [0.2, 0.25) is 5.02 Å². The molecule has 5 rings (SSSR count). The average molecular weight is 337 g/mol. The second kappa shape index (κ2) is 4.71. The van der Waals surface area contributed by atoms with Crippen molar-refractivity contribution in [2.24, 2.45) is 0 Å². The normalized spacial score (nSPS) is 13.9. The van der Waals surface area contributed by atoms with Crippen molar-refractivity contribution >= 4 is 39.1 Å². The first-order chi connectivity index (χ1) is 11.7. The molecule has 0 saturated heterocycles. The lowest BCUT2D eigenvalue weighted by atomic mass is 10.0. The van der Waals surface area contributed by atoms with Crippen molar-refractivity contribution in [1.82, 2.24) is 8.97 Å². The van der Waals surface area contributed by atoms with Gasteiger partial charge in [0.15, 0.2) is 5.43 Å². The summed E-state index contributed by atoms with van der Waals surface area (Å²) in [5.74, 6) is 0. The van der Waals surface area contributed by atoms with Crippen molar-refractivity contribution in [2.45, 2.75) is 19.4 Å². The maximum atomic E-state index is 13.2. The van der Waals surface area contributed by atoms with Gasteiger partial charge in [-0.15, -0.1) is 0 Å². The van der Waals surface area contributed by atoms with Gasteiger partial charge in [-0.3, -0.25) is 14.0 Å². The maximum absolute atomic E-state index is 13.2. The zero-order valence-electron chi connectivity index (χ0n) is 12.8. The zero-order valence-corrected chi connectivity index (χ0v) is 13.5. The third-order valence-corrected chi connectivity index (χ3v) is 5.13. The monoisotopic (exact) mass is 336 g/mol. The van der Waals surface area contributed by atoms with Gasteiger partial charge in [0.05, 0.1) is 16.4 Å². The summed E-state index contributed by atoms with van der Waals surface area (Å²) in [6.07, 6.45) is 1.57. The van der Waals surface area contributed by atoms with Crippen LogP contribution in [0.3, 0.4) is 0 Å². The number of hydrogen-bond donors (Lipinski definition) is 0. The summed E-state index contributed by atoms with van der Waals surface area (Å²) in [5.41, 5.74) is 2.83. The number of benzene rings is 2. The minimum absolute atomic E-state index is 0.0179. The van der Waals surface area contributed by atoms with Crippen LogP contribution in [0, 0.1) is 0 Å². The van der Waals surface area contributed by atoms with E-state index in [0.29, 0.717) is 33.3 Å². The van der Waals surface area contributed by atoms with E-state index in [9.17, 15) is 9.59 Å². The summed E-state index contributed by atoms with van der Waals surface area (Å²) in [6, 6.07) is 12.7. The van der Waals surface area contributed by atoms with Gasteiger partial charge in [0, 0.05) is 22.5 Å². The number of aryl methyl sites for hydroxylation is 2. The average Bonchev–Trinajstić information content (AvgIpc) is 2.61. The van der Waals surface area contributed by atoms with Gasteiger partial charge in [0.2, 0.25) is 0 Å². The molecule has 0 atom stereocenters. The summed E-state index contributed by atoms with van der Waals surface area (Å²) in [6.45, 7) is 0.801. The fourth-order valence-corrected chi connectivity index (χ4v) is 4.05. The standard InChI is InChI=1S/C19H13ClN2O2/c20-11-7-8-16-14(10-11)17(23)13-5-3-9-21-15-6-2-1-4-12(15)19(24)22(16)18(13)21/h1-2,4,6-8,10H,3,5,9H2. The molecule has 5 heteroatoms. The number of halogens is 1. The van der Waals surface area contributed by atoms with Crippen LogP contribution in [-0.2, 0) is 13.0 Å². The van der Waals surface area contributed by atoms with Gasteiger partial charge >= 0.3 is 0 Å². The molecule has 4 aromatic rings. The highest BCUT2D eigenvalue weighted by atomic mass is 35.5. The molecule has 0 saturated carbocycles. The predicted molar refractivity (Wildman–Crippen MR) is 96.3 cm³/mol. The Morgan fingerprint density at radius 3 is 2.67 bits per heavy atom. The molecule has 0 N–H and O–H groups in total. The highest BCUT2D eigenvalue weighted by molar-refractivity contribution is 6.31. The Hall–Kier alpha value is -2.59. The Balaban J connectivity index is 2.22. The molecule has 0 fully saturated rings. The van der Waals surface area contributed by atoms with Gasteiger partial charge in [-0.05, 0) is 43.2 Å². The smallest absolute Gasteiger partial charge is 0.266 e. The molecular formula is C19H13ClN2O2. The van der Waals surface area contributed by atoms with Crippen molar-refractivity contribution in [3.8, 4) is 0 Å². The second-order valence-corrected chi connectivity index (χ2v) is 6.64. The fourth-order valence-electron chi connectivity index (χ4n) is 3.88. The highest BCUT2D eigenvalue weighted by Crippen LogP contribution is 2.26. The number of hydrogen-bond acceptors (Lipinski definition) is 2.